The van der Waals surface area contributed by atoms with Crippen LogP contribution < -0.4 is 5.73 Å². The van der Waals surface area contributed by atoms with Crippen LogP contribution in [0.15, 0.2) is 54.6 Å². The Labute approximate surface area is 201 Å². The van der Waals surface area contributed by atoms with Crippen LogP contribution in [0.4, 0.5) is 13.2 Å². The normalized spacial score (nSPS) is 15.9. The molecule has 2 unspecified atom stereocenters. The number of rotatable bonds is 7. The van der Waals surface area contributed by atoms with Crippen molar-refractivity contribution in [1.29, 1.82) is 0 Å². The molecule has 3 aromatic carbocycles. The molecule has 8 heteroatoms. The van der Waals surface area contributed by atoms with Crippen molar-refractivity contribution in [3.05, 3.63) is 99.9 Å². The molecule has 1 aliphatic heterocycles. The van der Waals surface area contributed by atoms with Crippen LogP contribution in [0.5, 0.6) is 5.75 Å². The summed E-state index contributed by atoms with van der Waals surface area (Å²) < 4.78 is 46.5. The van der Waals surface area contributed by atoms with Crippen molar-refractivity contribution in [2.75, 3.05) is 0 Å². The van der Waals surface area contributed by atoms with Gasteiger partial charge in [-0.3, -0.25) is 0 Å². The number of ether oxygens (including phenoxy) is 1. The van der Waals surface area contributed by atoms with Gasteiger partial charge in [0, 0.05) is 17.5 Å². The summed E-state index contributed by atoms with van der Waals surface area (Å²) in [6, 6.07) is 10.7. The Morgan fingerprint density at radius 2 is 1.77 bits per heavy atom. The second-order valence-corrected chi connectivity index (χ2v) is 9.72. The first-order valence-electron chi connectivity index (χ1n) is 11.1. The topological polar surface area (TPSA) is 92.8 Å². The second kappa shape index (κ2) is 9.02. The number of cyclic esters (lactones) is 1. The van der Waals surface area contributed by atoms with E-state index in [0.29, 0.717) is 22.3 Å². The molecular weight excluding hydrogens is 459 g/mol. The lowest BCUT2D eigenvalue weighted by atomic mass is 9.69. The summed E-state index contributed by atoms with van der Waals surface area (Å²) in [6.45, 7) is 3.53. The molecule has 35 heavy (non-hydrogen) atoms. The van der Waals surface area contributed by atoms with Gasteiger partial charge in [0.1, 0.15) is 18.2 Å². The molecule has 0 saturated carbocycles. The first-order valence-corrected chi connectivity index (χ1v) is 11.1. The van der Waals surface area contributed by atoms with E-state index in [0.717, 1.165) is 18.2 Å². The number of hydrogen-bond acceptors (Lipinski definition) is 5. The number of aromatic hydroxyl groups is 1. The molecule has 5 nitrogen and oxygen atoms in total. The fraction of sp³-hybridized carbons (Fsp3) is 0.296. The zero-order chi connectivity index (χ0) is 25.5. The van der Waals surface area contributed by atoms with Crippen molar-refractivity contribution in [3.63, 3.8) is 0 Å². The van der Waals surface area contributed by atoms with Gasteiger partial charge in [0.15, 0.2) is 11.6 Å². The lowest BCUT2D eigenvalue weighted by Crippen LogP contribution is -2.47. The van der Waals surface area contributed by atoms with Crippen LogP contribution >= 0.6 is 0 Å². The molecule has 0 amide bonds. The zero-order valence-corrected chi connectivity index (χ0v) is 19.3. The third kappa shape index (κ3) is 4.90. The number of nitrogens with two attached hydrogens (primary N) is 1. The Morgan fingerprint density at radius 1 is 1.03 bits per heavy atom. The predicted molar refractivity (Wildman–Crippen MR) is 123 cm³/mol. The van der Waals surface area contributed by atoms with Crippen molar-refractivity contribution < 1.29 is 32.9 Å². The predicted octanol–water partition coefficient (Wildman–Crippen LogP) is 4.82. The highest BCUT2D eigenvalue weighted by Gasteiger charge is 2.42. The van der Waals surface area contributed by atoms with E-state index in [1.165, 1.54) is 18.2 Å². The van der Waals surface area contributed by atoms with Crippen LogP contribution in [0.25, 0.3) is 0 Å². The maximum atomic E-state index is 14.0. The van der Waals surface area contributed by atoms with E-state index >= 15 is 0 Å². The van der Waals surface area contributed by atoms with Crippen molar-refractivity contribution in [3.8, 4) is 5.75 Å². The smallest absolute Gasteiger partial charge is 0.338 e. The molecule has 184 valence electrons. The summed E-state index contributed by atoms with van der Waals surface area (Å²) in [5, 5.41) is 22.4. The molecular formula is C27H26F3NO4. The van der Waals surface area contributed by atoms with Gasteiger partial charge < -0.3 is 20.7 Å². The van der Waals surface area contributed by atoms with Crippen molar-refractivity contribution in [2.45, 2.75) is 50.4 Å². The van der Waals surface area contributed by atoms with Crippen molar-refractivity contribution in [2.24, 2.45) is 5.73 Å². The Kier molecular flexibility index (Phi) is 6.38. The van der Waals surface area contributed by atoms with Gasteiger partial charge in [-0.25, -0.2) is 18.0 Å². The van der Waals surface area contributed by atoms with Gasteiger partial charge in [-0.05, 0) is 65.4 Å². The number of carbonyl (C=O) groups is 1. The minimum absolute atomic E-state index is 0.0658. The van der Waals surface area contributed by atoms with Gasteiger partial charge in [0.25, 0.3) is 0 Å². The van der Waals surface area contributed by atoms with Gasteiger partial charge in [-0.2, -0.15) is 0 Å². The molecule has 0 fully saturated rings. The van der Waals surface area contributed by atoms with Gasteiger partial charge in [-0.1, -0.05) is 26.0 Å². The summed E-state index contributed by atoms with van der Waals surface area (Å²) in [5.74, 6) is -3.22. The van der Waals surface area contributed by atoms with Crippen LogP contribution in [-0.2, 0) is 23.2 Å². The summed E-state index contributed by atoms with van der Waals surface area (Å²) >= 11 is 0. The third-order valence-electron chi connectivity index (χ3n) is 6.58. The van der Waals surface area contributed by atoms with E-state index in [4.69, 9.17) is 10.5 Å². The highest BCUT2D eigenvalue weighted by atomic mass is 19.2. The van der Waals surface area contributed by atoms with Gasteiger partial charge in [-0.15, -0.1) is 0 Å². The number of phenolic OH excluding ortho intramolecular Hbond substituents is 1. The lowest BCUT2D eigenvalue weighted by molar-refractivity contribution is -0.0121. The third-order valence-corrected chi connectivity index (χ3v) is 6.58. The Morgan fingerprint density at radius 3 is 2.49 bits per heavy atom. The Balaban J connectivity index is 1.76. The first kappa shape index (κ1) is 24.8. The highest BCUT2D eigenvalue weighted by molar-refractivity contribution is 5.93. The number of hydrogen-bond donors (Lipinski definition) is 3. The van der Waals surface area contributed by atoms with Gasteiger partial charge >= 0.3 is 5.97 Å². The number of fused-ring (bicyclic) bond motifs is 1. The van der Waals surface area contributed by atoms with E-state index < -0.39 is 40.5 Å². The van der Waals surface area contributed by atoms with E-state index in [-0.39, 0.29) is 30.8 Å². The molecule has 1 aliphatic rings. The minimum atomic E-state index is -1.75. The number of aliphatic hydroxyl groups is 1. The summed E-state index contributed by atoms with van der Waals surface area (Å²) in [6.07, 6.45) is -0.221. The maximum Gasteiger partial charge on any atom is 0.338 e. The van der Waals surface area contributed by atoms with Crippen molar-refractivity contribution >= 4 is 5.97 Å². The van der Waals surface area contributed by atoms with Crippen LogP contribution in [0.3, 0.4) is 0 Å². The van der Waals surface area contributed by atoms with E-state index in [1.807, 2.05) is 0 Å². The molecule has 4 N–H and O–H groups in total. The molecule has 1 heterocycles. The molecule has 0 bridgehead atoms. The largest absolute Gasteiger partial charge is 0.508 e. The minimum Gasteiger partial charge on any atom is -0.508 e. The number of benzene rings is 3. The number of carbonyl (C=O) groups excluding carboxylic acids is 1. The molecule has 0 aromatic heterocycles. The molecule has 0 spiro atoms. The molecule has 0 radical (unpaired) electrons. The molecule has 3 aromatic rings. The lowest BCUT2D eigenvalue weighted by Gasteiger charge is -2.41. The van der Waals surface area contributed by atoms with E-state index in [9.17, 15) is 28.2 Å². The van der Waals surface area contributed by atoms with Gasteiger partial charge in [0.05, 0.1) is 17.2 Å². The van der Waals surface area contributed by atoms with E-state index in [2.05, 4.69) is 0 Å². The first-order chi connectivity index (χ1) is 16.4. The summed E-state index contributed by atoms with van der Waals surface area (Å²) in [7, 11) is 0. The fourth-order valence-electron chi connectivity index (χ4n) is 4.85. The summed E-state index contributed by atoms with van der Waals surface area (Å²) in [4.78, 5) is 11.8. The Hall–Kier alpha value is -3.36. The summed E-state index contributed by atoms with van der Waals surface area (Å²) in [5.41, 5.74) is 5.98. The fourth-order valence-corrected chi connectivity index (χ4v) is 4.85. The number of halogens is 3. The van der Waals surface area contributed by atoms with Crippen LogP contribution in [0.1, 0.15) is 58.9 Å². The molecule has 2 atom stereocenters. The van der Waals surface area contributed by atoms with Crippen LogP contribution in [0.2, 0.25) is 0 Å². The van der Waals surface area contributed by atoms with Crippen molar-refractivity contribution in [1.82, 2.24) is 0 Å². The number of phenols is 1. The standard InChI is InChI=1S/C27H26F3NO4/c1-26(2,20-11-18(28)5-8-23(20)32)14-27(34,12-15-3-7-21(29)22(30)9-15)24(31)16-4-6-19-17(10-16)13-35-25(19)33/h3-11,24,32,34H,12-14,31H2,1-2H3. The van der Waals surface area contributed by atoms with Gasteiger partial charge in [0.2, 0.25) is 0 Å². The second-order valence-electron chi connectivity index (χ2n) is 9.72. The SMILES string of the molecule is CC(C)(CC(O)(Cc1ccc(F)c(F)c1)C(N)c1ccc2c(c1)COC2=O)c1cc(F)ccc1O. The monoisotopic (exact) mass is 485 g/mol. The zero-order valence-electron chi connectivity index (χ0n) is 19.3. The average molecular weight is 486 g/mol. The number of esters is 1. The highest BCUT2D eigenvalue weighted by Crippen LogP contribution is 2.43. The van der Waals surface area contributed by atoms with Crippen LogP contribution in [-0.4, -0.2) is 21.8 Å². The Bertz CT molecular complexity index is 1290. The quantitative estimate of drug-likeness (QED) is 0.417. The van der Waals surface area contributed by atoms with E-state index in [1.54, 1.807) is 32.0 Å². The molecule has 4 rings (SSSR count). The molecule has 0 saturated heterocycles. The molecule has 0 aliphatic carbocycles. The van der Waals surface area contributed by atoms with Crippen LogP contribution in [0, 0.1) is 17.5 Å². The average Bonchev–Trinajstić information content (AvgIpc) is 3.17. The maximum absolute atomic E-state index is 14.0.